The van der Waals surface area contributed by atoms with Crippen LogP contribution in [0.25, 0.3) is 10.9 Å². The third-order valence-corrected chi connectivity index (χ3v) is 4.06. The molecule has 0 unspecified atom stereocenters. The topological polar surface area (TPSA) is 34.0 Å². The highest BCUT2D eigenvalue weighted by Crippen LogP contribution is 2.24. The van der Waals surface area contributed by atoms with Crippen molar-refractivity contribution in [2.24, 2.45) is 0 Å². The molecular weight excluding hydrogens is 292 g/mol. The normalized spacial score (nSPS) is 17.2. The molecule has 2 heterocycles. The molecule has 18 heavy (non-hydrogen) atoms. The molecule has 4 heteroatoms. The summed E-state index contributed by atoms with van der Waals surface area (Å²) < 4.78 is 3.01. The average molecular weight is 307 g/mol. The first-order valence-corrected chi connectivity index (χ1v) is 7.06. The SMILES string of the molecule is O=c1ccc2cc(Br)ccc2n1C1CCNCC1. The summed E-state index contributed by atoms with van der Waals surface area (Å²) in [5.74, 6) is 0. The summed E-state index contributed by atoms with van der Waals surface area (Å²) in [6.07, 6.45) is 2.05. The second-order valence-corrected chi connectivity index (χ2v) is 5.64. The highest BCUT2D eigenvalue weighted by atomic mass is 79.9. The number of nitrogens with one attached hydrogen (secondary N) is 1. The van der Waals surface area contributed by atoms with Gasteiger partial charge in [0, 0.05) is 16.6 Å². The number of piperidine rings is 1. The van der Waals surface area contributed by atoms with Crippen LogP contribution in [0.4, 0.5) is 0 Å². The maximum atomic E-state index is 12.1. The second kappa shape index (κ2) is 4.86. The molecule has 1 N–H and O–H groups in total. The summed E-state index contributed by atoms with van der Waals surface area (Å²) in [6, 6.07) is 9.99. The van der Waals surface area contributed by atoms with Crippen LogP contribution >= 0.6 is 15.9 Å². The van der Waals surface area contributed by atoms with E-state index in [2.05, 4.69) is 27.3 Å². The Labute approximate surface area is 114 Å². The van der Waals surface area contributed by atoms with Crippen molar-refractivity contribution in [1.29, 1.82) is 0 Å². The fourth-order valence-electron chi connectivity index (χ4n) is 2.68. The largest absolute Gasteiger partial charge is 0.317 e. The van der Waals surface area contributed by atoms with Gasteiger partial charge >= 0.3 is 0 Å². The molecule has 0 saturated carbocycles. The first-order chi connectivity index (χ1) is 8.75. The van der Waals surface area contributed by atoms with Gasteiger partial charge in [0.25, 0.3) is 5.56 Å². The van der Waals surface area contributed by atoms with E-state index in [4.69, 9.17) is 0 Å². The smallest absolute Gasteiger partial charge is 0.251 e. The molecule has 3 nitrogen and oxygen atoms in total. The van der Waals surface area contributed by atoms with Gasteiger partial charge in [0.2, 0.25) is 0 Å². The molecule has 0 radical (unpaired) electrons. The van der Waals surface area contributed by atoms with Gasteiger partial charge in [-0.2, -0.15) is 0 Å². The fourth-order valence-corrected chi connectivity index (χ4v) is 3.06. The highest BCUT2D eigenvalue weighted by molar-refractivity contribution is 9.10. The Kier molecular flexibility index (Phi) is 3.22. The predicted octanol–water partition coefficient (Wildman–Crippen LogP) is 2.69. The number of nitrogens with zero attached hydrogens (tertiary/aromatic N) is 1. The standard InChI is InChI=1S/C14H15BrN2O/c15-11-2-3-13-10(9-11)1-4-14(18)17(13)12-5-7-16-8-6-12/h1-4,9,12,16H,5-8H2. The molecule has 1 aliphatic heterocycles. The van der Waals surface area contributed by atoms with Gasteiger partial charge in [-0.05, 0) is 55.6 Å². The van der Waals surface area contributed by atoms with Crippen molar-refractivity contribution in [1.82, 2.24) is 9.88 Å². The van der Waals surface area contributed by atoms with Gasteiger partial charge in [-0.15, -0.1) is 0 Å². The number of fused-ring (bicyclic) bond motifs is 1. The summed E-state index contributed by atoms with van der Waals surface area (Å²) >= 11 is 3.47. The maximum Gasteiger partial charge on any atom is 0.251 e. The number of hydrogen-bond donors (Lipinski definition) is 1. The van der Waals surface area contributed by atoms with Crippen LogP contribution in [0.1, 0.15) is 18.9 Å². The lowest BCUT2D eigenvalue weighted by atomic mass is 10.1. The summed E-state index contributed by atoms with van der Waals surface area (Å²) in [5, 5.41) is 4.45. The molecule has 1 aromatic heterocycles. The van der Waals surface area contributed by atoms with E-state index in [0.717, 1.165) is 41.3 Å². The summed E-state index contributed by atoms with van der Waals surface area (Å²) in [5.41, 5.74) is 1.15. The molecule has 0 spiro atoms. The van der Waals surface area contributed by atoms with Crippen molar-refractivity contribution < 1.29 is 0 Å². The number of hydrogen-bond acceptors (Lipinski definition) is 2. The van der Waals surface area contributed by atoms with Crippen molar-refractivity contribution in [3.8, 4) is 0 Å². The Hall–Kier alpha value is -1.13. The highest BCUT2D eigenvalue weighted by Gasteiger charge is 2.17. The Morgan fingerprint density at radius 1 is 1.17 bits per heavy atom. The molecule has 0 aliphatic carbocycles. The Morgan fingerprint density at radius 2 is 1.94 bits per heavy atom. The van der Waals surface area contributed by atoms with E-state index in [-0.39, 0.29) is 5.56 Å². The zero-order valence-corrected chi connectivity index (χ0v) is 11.6. The number of pyridine rings is 1. The number of halogens is 1. The van der Waals surface area contributed by atoms with Crippen LogP contribution < -0.4 is 10.9 Å². The van der Waals surface area contributed by atoms with Gasteiger partial charge in [-0.3, -0.25) is 4.79 Å². The van der Waals surface area contributed by atoms with E-state index in [0.29, 0.717) is 6.04 Å². The van der Waals surface area contributed by atoms with Crippen LogP contribution in [0.15, 0.2) is 39.6 Å². The molecule has 0 amide bonds. The lowest BCUT2D eigenvalue weighted by Gasteiger charge is -2.26. The van der Waals surface area contributed by atoms with Crippen molar-refractivity contribution in [2.75, 3.05) is 13.1 Å². The van der Waals surface area contributed by atoms with E-state index >= 15 is 0 Å². The molecule has 1 fully saturated rings. The van der Waals surface area contributed by atoms with Crippen molar-refractivity contribution in [2.45, 2.75) is 18.9 Å². The van der Waals surface area contributed by atoms with Gasteiger partial charge in [-0.25, -0.2) is 0 Å². The summed E-state index contributed by atoms with van der Waals surface area (Å²) in [4.78, 5) is 12.1. The van der Waals surface area contributed by atoms with Crippen molar-refractivity contribution >= 4 is 26.8 Å². The maximum absolute atomic E-state index is 12.1. The fraction of sp³-hybridized carbons (Fsp3) is 0.357. The number of aromatic nitrogens is 1. The van der Waals surface area contributed by atoms with Crippen LogP contribution in [-0.2, 0) is 0 Å². The molecule has 0 atom stereocenters. The van der Waals surface area contributed by atoms with E-state index in [9.17, 15) is 4.79 Å². The average Bonchev–Trinajstić information content (AvgIpc) is 2.40. The number of benzene rings is 1. The minimum atomic E-state index is 0.108. The van der Waals surface area contributed by atoms with Crippen molar-refractivity contribution in [3.63, 3.8) is 0 Å². The zero-order valence-electron chi connectivity index (χ0n) is 10.0. The van der Waals surface area contributed by atoms with Crippen LogP contribution in [0.2, 0.25) is 0 Å². The van der Waals surface area contributed by atoms with Crippen LogP contribution in [0.5, 0.6) is 0 Å². The van der Waals surface area contributed by atoms with E-state index in [1.54, 1.807) is 6.07 Å². The van der Waals surface area contributed by atoms with Crippen LogP contribution in [0, 0.1) is 0 Å². The molecule has 1 saturated heterocycles. The van der Waals surface area contributed by atoms with Crippen LogP contribution in [0.3, 0.4) is 0 Å². The van der Waals surface area contributed by atoms with E-state index < -0.39 is 0 Å². The lowest BCUT2D eigenvalue weighted by Crippen LogP contribution is -2.34. The minimum absolute atomic E-state index is 0.108. The monoisotopic (exact) mass is 306 g/mol. The first-order valence-electron chi connectivity index (χ1n) is 6.27. The van der Waals surface area contributed by atoms with Crippen molar-refractivity contribution in [3.05, 3.63) is 45.2 Å². The van der Waals surface area contributed by atoms with Gasteiger partial charge in [-0.1, -0.05) is 15.9 Å². The summed E-state index contributed by atoms with van der Waals surface area (Å²) in [6.45, 7) is 1.98. The predicted molar refractivity (Wildman–Crippen MR) is 77.0 cm³/mol. The third-order valence-electron chi connectivity index (χ3n) is 3.57. The molecule has 2 aromatic rings. The zero-order chi connectivity index (χ0) is 12.5. The molecule has 1 aromatic carbocycles. The van der Waals surface area contributed by atoms with E-state index in [1.807, 2.05) is 22.8 Å². The Morgan fingerprint density at radius 3 is 2.72 bits per heavy atom. The minimum Gasteiger partial charge on any atom is -0.317 e. The Balaban J connectivity index is 2.19. The van der Waals surface area contributed by atoms with Gasteiger partial charge in [0.1, 0.15) is 0 Å². The molecular formula is C14H15BrN2O. The summed E-state index contributed by atoms with van der Waals surface area (Å²) in [7, 11) is 0. The second-order valence-electron chi connectivity index (χ2n) is 4.73. The lowest BCUT2D eigenvalue weighted by molar-refractivity contribution is 0.369. The molecule has 94 valence electrons. The van der Waals surface area contributed by atoms with Gasteiger partial charge < -0.3 is 9.88 Å². The third kappa shape index (κ3) is 2.10. The van der Waals surface area contributed by atoms with Gasteiger partial charge in [0.15, 0.2) is 0 Å². The van der Waals surface area contributed by atoms with Gasteiger partial charge in [0.05, 0.1) is 5.52 Å². The molecule has 3 rings (SSSR count). The molecule has 0 bridgehead atoms. The number of rotatable bonds is 1. The van der Waals surface area contributed by atoms with Crippen LogP contribution in [-0.4, -0.2) is 17.7 Å². The first kappa shape index (κ1) is 11.9. The molecule has 1 aliphatic rings. The Bertz CT molecular complexity index is 629. The van der Waals surface area contributed by atoms with E-state index in [1.165, 1.54) is 0 Å². The quantitative estimate of drug-likeness (QED) is 0.879.